The molecule has 0 aliphatic carbocycles. The molecule has 2 rings (SSSR count). The second kappa shape index (κ2) is 17.6. The van der Waals surface area contributed by atoms with Crippen LogP contribution in [0.15, 0.2) is 48.0 Å². The molecule has 2 aromatic rings. The fourth-order valence-corrected chi connectivity index (χ4v) is 3.02. The number of anilines is 2. The van der Waals surface area contributed by atoms with Gasteiger partial charge in [0.25, 0.3) is 0 Å². The SMILES string of the molecule is C=C(Nc1ccc(NC(=O)NCCC(C)(C)C#N)cc1)c1c(N=CC)ccc(OCCOC)c1F.CCCC. The van der Waals surface area contributed by atoms with Crippen molar-refractivity contribution in [3.8, 4) is 11.8 Å². The molecule has 2 aromatic carbocycles. The third kappa shape index (κ3) is 12.0. The largest absolute Gasteiger partial charge is 0.488 e. The summed E-state index contributed by atoms with van der Waals surface area (Å²) in [6.45, 7) is 14.7. The number of urea groups is 1. The summed E-state index contributed by atoms with van der Waals surface area (Å²) in [4.78, 5) is 16.3. The minimum Gasteiger partial charge on any atom is -0.488 e. The number of carbonyl (C=O) groups excluding carboxylic acids is 1. The first-order valence-corrected chi connectivity index (χ1v) is 13.1. The van der Waals surface area contributed by atoms with E-state index in [-0.39, 0.29) is 24.0 Å². The number of hydrogen-bond donors (Lipinski definition) is 3. The maximum absolute atomic E-state index is 15.2. The molecule has 0 aliphatic heterocycles. The highest BCUT2D eigenvalue weighted by molar-refractivity contribution is 5.90. The van der Waals surface area contributed by atoms with E-state index in [4.69, 9.17) is 14.7 Å². The lowest BCUT2D eigenvalue weighted by Crippen LogP contribution is -2.31. The van der Waals surface area contributed by atoms with Gasteiger partial charge >= 0.3 is 6.03 Å². The van der Waals surface area contributed by atoms with Gasteiger partial charge in [-0.15, -0.1) is 0 Å². The summed E-state index contributed by atoms with van der Waals surface area (Å²) < 4.78 is 25.7. The Kier molecular flexibility index (Phi) is 14.9. The van der Waals surface area contributed by atoms with Crippen LogP contribution in [0, 0.1) is 22.6 Å². The average Bonchev–Trinajstić information content (AvgIpc) is 2.91. The number of unbranched alkanes of at least 4 members (excludes halogenated alkanes) is 1. The van der Waals surface area contributed by atoms with Crippen molar-refractivity contribution in [2.24, 2.45) is 10.4 Å². The van der Waals surface area contributed by atoms with Gasteiger partial charge in [-0.2, -0.15) is 5.26 Å². The average molecular weight is 540 g/mol. The Morgan fingerprint density at radius 3 is 2.26 bits per heavy atom. The maximum atomic E-state index is 15.2. The monoisotopic (exact) mass is 539 g/mol. The lowest BCUT2D eigenvalue weighted by molar-refractivity contribution is 0.144. The molecule has 0 unspecified atom stereocenters. The Morgan fingerprint density at radius 2 is 1.72 bits per heavy atom. The fourth-order valence-electron chi connectivity index (χ4n) is 3.02. The summed E-state index contributed by atoms with van der Waals surface area (Å²) in [5.74, 6) is -0.491. The smallest absolute Gasteiger partial charge is 0.319 e. The Morgan fingerprint density at radius 1 is 1.10 bits per heavy atom. The number of hydrogen-bond acceptors (Lipinski definition) is 6. The number of rotatable bonds is 13. The van der Waals surface area contributed by atoms with E-state index in [0.29, 0.717) is 42.3 Å². The summed E-state index contributed by atoms with van der Waals surface area (Å²) in [6, 6.07) is 11.9. The minimum absolute atomic E-state index is 0.0822. The summed E-state index contributed by atoms with van der Waals surface area (Å²) in [5.41, 5.74) is 1.64. The highest BCUT2D eigenvalue weighted by Gasteiger charge is 2.18. The maximum Gasteiger partial charge on any atom is 0.319 e. The Bertz CT molecular complexity index is 1120. The van der Waals surface area contributed by atoms with Crippen molar-refractivity contribution in [2.45, 2.75) is 53.9 Å². The molecule has 0 spiro atoms. The molecule has 0 atom stereocenters. The van der Waals surface area contributed by atoms with Crippen LogP contribution in [-0.2, 0) is 4.74 Å². The van der Waals surface area contributed by atoms with E-state index in [0.717, 1.165) is 0 Å². The first-order chi connectivity index (χ1) is 18.6. The second-order valence-electron chi connectivity index (χ2n) is 9.31. The first-order valence-electron chi connectivity index (χ1n) is 13.1. The van der Waals surface area contributed by atoms with Crippen LogP contribution in [0.2, 0.25) is 0 Å². The molecule has 9 heteroatoms. The molecule has 0 saturated heterocycles. The summed E-state index contributed by atoms with van der Waals surface area (Å²) in [5, 5.41) is 17.6. The molecule has 0 aliphatic rings. The summed E-state index contributed by atoms with van der Waals surface area (Å²) in [7, 11) is 1.54. The van der Waals surface area contributed by atoms with Gasteiger partial charge in [0.1, 0.15) is 6.61 Å². The Balaban J connectivity index is 0.00000177. The van der Waals surface area contributed by atoms with Crippen molar-refractivity contribution in [3.63, 3.8) is 0 Å². The Hall–Kier alpha value is -3.90. The van der Waals surface area contributed by atoms with Gasteiger partial charge in [-0.3, -0.25) is 4.99 Å². The number of halogens is 1. The van der Waals surface area contributed by atoms with Crippen LogP contribution >= 0.6 is 0 Å². The number of nitriles is 1. The van der Waals surface area contributed by atoms with Gasteiger partial charge in [0, 0.05) is 36.9 Å². The molecule has 3 N–H and O–H groups in total. The van der Waals surface area contributed by atoms with Gasteiger partial charge in [-0.1, -0.05) is 33.3 Å². The van der Waals surface area contributed by atoms with E-state index >= 15 is 4.39 Å². The molecule has 0 heterocycles. The van der Waals surface area contributed by atoms with E-state index in [1.54, 1.807) is 50.6 Å². The summed E-state index contributed by atoms with van der Waals surface area (Å²) in [6.07, 6.45) is 4.75. The van der Waals surface area contributed by atoms with E-state index in [9.17, 15) is 4.79 Å². The molecule has 2 amide bonds. The van der Waals surface area contributed by atoms with Crippen LogP contribution in [0.3, 0.4) is 0 Å². The predicted octanol–water partition coefficient (Wildman–Crippen LogP) is 7.52. The van der Waals surface area contributed by atoms with Crippen LogP contribution in [0.4, 0.5) is 26.2 Å². The molecule has 0 fully saturated rings. The van der Waals surface area contributed by atoms with Crippen molar-refractivity contribution in [2.75, 3.05) is 37.5 Å². The zero-order valence-corrected chi connectivity index (χ0v) is 24.0. The van der Waals surface area contributed by atoms with Crippen molar-refractivity contribution < 1.29 is 18.7 Å². The second-order valence-corrected chi connectivity index (χ2v) is 9.31. The standard InChI is InChI=1S/C26H32FN5O3.C4H10/c1-6-29-21-11-12-22(35-16-15-34-5)24(27)23(21)18(2)31-19-7-9-20(10-8-19)32-25(33)30-14-13-26(3,4)17-28;1-3-4-2/h6-12,31H,2,13-16H2,1,3-5H3,(H2,30,32,33);3-4H2,1-2H3. The number of amides is 2. The number of ether oxygens (including phenoxy) is 2. The Labute approximate surface area is 232 Å². The molecule has 39 heavy (non-hydrogen) atoms. The lowest BCUT2D eigenvalue weighted by atomic mass is 9.92. The quantitative estimate of drug-likeness (QED) is 0.180. The number of carbonyl (C=O) groups is 1. The zero-order chi connectivity index (χ0) is 29.3. The molecule has 0 radical (unpaired) electrons. The van der Waals surface area contributed by atoms with Gasteiger partial charge in [-0.25, -0.2) is 9.18 Å². The van der Waals surface area contributed by atoms with Gasteiger partial charge in [0.05, 0.1) is 29.3 Å². The highest BCUT2D eigenvalue weighted by Crippen LogP contribution is 2.34. The fraction of sp³-hybridized carbons (Fsp3) is 0.433. The number of benzene rings is 2. The van der Waals surface area contributed by atoms with Crippen LogP contribution in [0.1, 0.15) is 59.4 Å². The third-order valence-electron chi connectivity index (χ3n) is 5.48. The van der Waals surface area contributed by atoms with Crippen molar-refractivity contribution in [1.29, 1.82) is 5.26 Å². The number of nitrogens with one attached hydrogen (secondary N) is 3. The van der Waals surface area contributed by atoms with Gasteiger partial charge < -0.3 is 25.4 Å². The molecular formula is C30H42FN5O3. The van der Waals surface area contributed by atoms with Gasteiger partial charge in [0.2, 0.25) is 0 Å². The topological polar surface area (TPSA) is 108 Å². The number of methoxy groups -OCH3 is 1. The van der Waals surface area contributed by atoms with E-state index in [2.05, 4.69) is 47.4 Å². The van der Waals surface area contributed by atoms with Crippen LogP contribution < -0.4 is 20.7 Å². The molecule has 0 saturated carbocycles. The number of nitrogens with zero attached hydrogens (tertiary/aromatic N) is 2. The van der Waals surface area contributed by atoms with Crippen molar-refractivity contribution in [1.82, 2.24) is 5.32 Å². The molecule has 8 nitrogen and oxygen atoms in total. The molecular weight excluding hydrogens is 497 g/mol. The molecule has 0 bridgehead atoms. The van der Waals surface area contributed by atoms with Crippen LogP contribution in [0.5, 0.6) is 5.75 Å². The van der Waals surface area contributed by atoms with Crippen LogP contribution in [0.25, 0.3) is 5.70 Å². The van der Waals surface area contributed by atoms with E-state index < -0.39 is 11.2 Å². The van der Waals surface area contributed by atoms with E-state index in [1.165, 1.54) is 18.9 Å². The third-order valence-corrected chi connectivity index (χ3v) is 5.48. The lowest BCUT2D eigenvalue weighted by Gasteiger charge is -2.16. The number of aliphatic imine (C=N–C) groups is 1. The summed E-state index contributed by atoms with van der Waals surface area (Å²) >= 11 is 0. The zero-order valence-electron chi connectivity index (χ0n) is 24.0. The van der Waals surface area contributed by atoms with Crippen molar-refractivity contribution in [3.05, 3.63) is 54.4 Å². The van der Waals surface area contributed by atoms with Crippen LogP contribution in [-0.4, -0.2) is 39.1 Å². The van der Waals surface area contributed by atoms with Gasteiger partial charge in [-0.05, 0) is 63.6 Å². The predicted molar refractivity (Wildman–Crippen MR) is 158 cm³/mol. The minimum atomic E-state index is -0.573. The van der Waals surface area contributed by atoms with Crippen molar-refractivity contribution >= 4 is 35.0 Å². The molecule has 0 aromatic heterocycles. The van der Waals surface area contributed by atoms with Gasteiger partial charge in [0.15, 0.2) is 11.6 Å². The highest BCUT2D eigenvalue weighted by atomic mass is 19.1. The van der Waals surface area contributed by atoms with E-state index in [1.807, 2.05) is 13.8 Å². The normalized spacial score (nSPS) is 10.7. The molecule has 212 valence electrons. The first kappa shape index (κ1) is 33.1.